The molecule has 0 saturated carbocycles. The molecule has 2 aromatic rings. The second kappa shape index (κ2) is 3.53. The Morgan fingerprint density at radius 2 is 2.18 bits per heavy atom. The summed E-state index contributed by atoms with van der Waals surface area (Å²) in [6.45, 7) is 0.488. The molecule has 1 fully saturated rings. The first kappa shape index (κ1) is 10.2. The van der Waals surface area contributed by atoms with Crippen LogP contribution in [-0.2, 0) is 14.9 Å². The van der Waals surface area contributed by atoms with Gasteiger partial charge in [0.2, 0.25) is 0 Å². The Balaban J connectivity index is 2.14. The molecule has 86 valence electrons. The first-order chi connectivity index (χ1) is 8.22. The molecule has 0 spiro atoms. The summed E-state index contributed by atoms with van der Waals surface area (Å²) in [6.07, 6.45) is 1.72. The fourth-order valence-corrected chi connectivity index (χ4v) is 2.09. The number of aromatic nitrogens is 1. The van der Waals surface area contributed by atoms with E-state index in [9.17, 15) is 9.90 Å². The lowest BCUT2D eigenvalue weighted by atomic mass is 9.78. The van der Waals surface area contributed by atoms with Crippen molar-refractivity contribution in [1.29, 1.82) is 0 Å². The van der Waals surface area contributed by atoms with Crippen LogP contribution in [0.15, 0.2) is 36.5 Å². The fraction of sp³-hybridized carbons (Fsp3) is 0.231. The molecule has 4 nitrogen and oxygen atoms in total. The van der Waals surface area contributed by atoms with Crippen molar-refractivity contribution < 1.29 is 14.6 Å². The summed E-state index contributed by atoms with van der Waals surface area (Å²) in [4.78, 5) is 15.6. The molecule has 0 radical (unpaired) electrons. The van der Waals surface area contributed by atoms with Crippen molar-refractivity contribution in [3.63, 3.8) is 0 Å². The summed E-state index contributed by atoms with van der Waals surface area (Å²) in [6, 6.07) is 9.34. The van der Waals surface area contributed by atoms with Crippen LogP contribution in [0, 0.1) is 0 Å². The summed E-state index contributed by atoms with van der Waals surface area (Å²) in [7, 11) is 0. The largest absolute Gasteiger partial charge is 0.480 e. The smallest absolute Gasteiger partial charge is 0.318 e. The molecule has 1 aliphatic heterocycles. The lowest BCUT2D eigenvalue weighted by molar-refractivity contribution is -0.163. The van der Waals surface area contributed by atoms with Gasteiger partial charge in [0.25, 0.3) is 0 Å². The SMILES string of the molecule is O=C(O)C1(c2ccc3ncccc3c2)COC1. The van der Waals surface area contributed by atoms with E-state index < -0.39 is 11.4 Å². The average Bonchev–Trinajstić information content (AvgIpc) is 2.27. The molecule has 1 N–H and O–H groups in total. The zero-order valence-electron chi connectivity index (χ0n) is 9.09. The zero-order chi connectivity index (χ0) is 11.9. The van der Waals surface area contributed by atoms with E-state index in [0.29, 0.717) is 0 Å². The van der Waals surface area contributed by atoms with Crippen LogP contribution in [-0.4, -0.2) is 29.3 Å². The Morgan fingerprint density at radius 1 is 1.35 bits per heavy atom. The van der Waals surface area contributed by atoms with Gasteiger partial charge >= 0.3 is 5.97 Å². The van der Waals surface area contributed by atoms with Crippen LogP contribution in [0.4, 0.5) is 0 Å². The van der Waals surface area contributed by atoms with E-state index in [1.54, 1.807) is 6.20 Å². The van der Waals surface area contributed by atoms with Gasteiger partial charge < -0.3 is 9.84 Å². The predicted octanol–water partition coefficient (Wildman–Crippen LogP) is 1.59. The molecule has 17 heavy (non-hydrogen) atoms. The maximum atomic E-state index is 11.3. The van der Waals surface area contributed by atoms with Gasteiger partial charge in [0.1, 0.15) is 5.41 Å². The van der Waals surface area contributed by atoms with Crippen LogP contribution in [0.2, 0.25) is 0 Å². The Kier molecular flexibility index (Phi) is 2.12. The molecule has 3 rings (SSSR count). The Hall–Kier alpha value is -1.94. The van der Waals surface area contributed by atoms with Crippen molar-refractivity contribution in [2.24, 2.45) is 0 Å². The summed E-state index contributed by atoms with van der Waals surface area (Å²) in [5.41, 5.74) is 0.790. The highest BCUT2D eigenvalue weighted by Crippen LogP contribution is 2.34. The second-order valence-electron chi connectivity index (χ2n) is 4.29. The fourth-order valence-electron chi connectivity index (χ4n) is 2.09. The highest BCUT2D eigenvalue weighted by Gasteiger charge is 2.47. The first-order valence-corrected chi connectivity index (χ1v) is 5.39. The van der Waals surface area contributed by atoms with E-state index >= 15 is 0 Å². The van der Waals surface area contributed by atoms with Crippen molar-refractivity contribution in [3.8, 4) is 0 Å². The number of fused-ring (bicyclic) bond motifs is 1. The Morgan fingerprint density at radius 3 is 2.82 bits per heavy atom. The molecule has 0 amide bonds. The van der Waals surface area contributed by atoms with Crippen molar-refractivity contribution in [2.75, 3.05) is 13.2 Å². The maximum absolute atomic E-state index is 11.3. The highest BCUT2D eigenvalue weighted by molar-refractivity contribution is 5.86. The van der Waals surface area contributed by atoms with E-state index in [2.05, 4.69) is 4.98 Å². The van der Waals surface area contributed by atoms with Gasteiger partial charge in [-0.2, -0.15) is 0 Å². The van der Waals surface area contributed by atoms with E-state index in [4.69, 9.17) is 4.74 Å². The zero-order valence-corrected chi connectivity index (χ0v) is 9.09. The van der Waals surface area contributed by atoms with Crippen LogP contribution in [0.3, 0.4) is 0 Å². The number of hydrogen-bond donors (Lipinski definition) is 1. The number of carboxylic acids is 1. The summed E-state index contributed by atoms with van der Waals surface area (Å²) in [5, 5.41) is 10.3. The lowest BCUT2D eigenvalue weighted by Gasteiger charge is -2.37. The van der Waals surface area contributed by atoms with E-state index in [-0.39, 0.29) is 13.2 Å². The Labute approximate surface area is 97.9 Å². The molecule has 1 aromatic carbocycles. The highest BCUT2D eigenvalue weighted by atomic mass is 16.5. The molecule has 0 atom stereocenters. The monoisotopic (exact) mass is 229 g/mol. The molecule has 1 aliphatic rings. The second-order valence-corrected chi connectivity index (χ2v) is 4.29. The van der Waals surface area contributed by atoms with Gasteiger partial charge in [-0.25, -0.2) is 0 Å². The third-order valence-corrected chi connectivity index (χ3v) is 3.26. The predicted molar refractivity (Wildman–Crippen MR) is 61.9 cm³/mol. The Bertz CT molecular complexity index is 590. The minimum Gasteiger partial charge on any atom is -0.480 e. The van der Waals surface area contributed by atoms with Gasteiger partial charge in [0.05, 0.1) is 18.7 Å². The van der Waals surface area contributed by atoms with Gasteiger partial charge in [-0.3, -0.25) is 9.78 Å². The van der Waals surface area contributed by atoms with Gasteiger partial charge in [0, 0.05) is 11.6 Å². The number of benzene rings is 1. The van der Waals surface area contributed by atoms with E-state index in [1.165, 1.54) is 0 Å². The minimum atomic E-state index is -0.871. The number of carboxylic acid groups (broad SMARTS) is 1. The number of carbonyl (C=O) groups is 1. The van der Waals surface area contributed by atoms with Crippen LogP contribution in [0.1, 0.15) is 5.56 Å². The van der Waals surface area contributed by atoms with Crippen LogP contribution < -0.4 is 0 Å². The number of pyridine rings is 1. The molecule has 1 aromatic heterocycles. The summed E-state index contributed by atoms with van der Waals surface area (Å²) >= 11 is 0. The number of ether oxygens (including phenoxy) is 1. The van der Waals surface area contributed by atoms with E-state index in [1.807, 2.05) is 30.3 Å². The normalized spacial score (nSPS) is 17.6. The molecular weight excluding hydrogens is 218 g/mol. The molecule has 1 saturated heterocycles. The third-order valence-electron chi connectivity index (χ3n) is 3.26. The van der Waals surface area contributed by atoms with Crippen LogP contribution in [0.5, 0.6) is 0 Å². The average molecular weight is 229 g/mol. The quantitative estimate of drug-likeness (QED) is 0.849. The first-order valence-electron chi connectivity index (χ1n) is 5.39. The lowest BCUT2D eigenvalue weighted by Crippen LogP contribution is -2.53. The van der Waals surface area contributed by atoms with Gasteiger partial charge in [-0.05, 0) is 23.8 Å². The maximum Gasteiger partial charge on any atom is 0.318 e. The van der Waals surface area contributed by atoms with Crippen molar-refractivity contribution >= 4 is 16.9 Å². The van der Waals surface area contributed by atoms with Crippen LogP contribution >= 0.6 is 0 Å². The van der Waals surface area contributed by atoms with E-state index in [0.717, 1.165) is 16.5 Å². The molecule has 0 unspecified atom stereocenters. The summed E-state index contributed by atoms with van der Waals surface area (Å²) in [5.74, 6) is -0.827. The van der Waals surface area contributed by atoms with Gasteiger partial charge in [-0.15, -0.1) is 0 Å². The number of hydrogen-bond acceptors (Lipinski definition) is 3. The third kappa shape index (κ3) is 1.41. The number of rotatable bonds is 2. The van der Waals surface area contributed by atoms with Crippen molar-refractivity contribution in [1.82, 2.24) is 4.98 Å². The van der Waals surface area contributed by atoms with Gasteiger partial charge in [0.15, 0.2) is 0 Å². The number of nitrogens with zero attached hydrogens (tertiary/aromatic N) is 1. The minimum absolute atomic E-state index is 0.244. The van der Waals surface area contributed by atoms with Crippen LogP contribution in [0.25, 0.3) is 10.9 Å². The number of aliphatic carboxylic acids is 1. The standard InChI is InChI=1S/C13H11NO3/c15-12(16)13(7-17-8-13)10-3-4-11-9(6-10)2-1-5-14-11/h1-6H,7-8H2,(H,15,16). The summed E-state index contributed by atoms with van der Waals surface area (Å²) < 4.78 is 5.07. The molecule has 2 heterocycles. The molecular formula is C13H11NO3. The van der Waals surface area contributed by atoms with Gasteiger partial charge in [-0.1, -0.05) is 12.1 Å². The topological polar surface area (TPSA) is 59.4 Å². The molecule has 0 bridgehead atoms. The van der Waals surface area contributed by atoms with Crippen molar-refractivity contribution in [3.05, 3.63) is 42.1 Å². The van der Waals surface area contributed by atoms with Crippen molar-refractivity contribution in [2.45, 2.75) is 5.41 Å². The molecule has 4 heteroatoms. The molecule has 0 aliphatic carbocycles.